The smallest absolute Gasteiger partial charge is 0.295 e. The van der Waals surface area contributed by atoms with E-state index in [2.05, 4.69) is 6.92 Å². The van der Waals surface area contributed by atoms with Gasteiger partial charge in [-0.05, 0) is 64.5 Å². The van der Waals surface area contributed by atoms with Crippen molar-refractivity contribution in [3.05, 3.63) is 0 Å². The first-order valence-electron chi connectivity index (χ1n) is 7.83. The van der Waals surface area contributed by atoms with Crippen LogP contribution in [0.4, 0.5) is 0 Å². The van der Waals surface area contributed by atoms with E-state index < -0.39 is 16.6 Å². The molecule has 0 heterocycles. The zero-order valence-electron chi connectivity index (χ0n) is 14.5. The summed E-state index contributed by atoms with van der Waals surface area (Å²) in [6.45, 7) is 14.1. The molecule has 0 N–H and O–H groups in total. The van der Waals surface area contributed by atoms with Crippen molar-refractivity contribution in [1.82, 2.24) is 0 Å². The van der Waals surface area contributed by atoms with Gasteiger partial charge in [-0.15, -0.1) is 0 Å². The minimum absolute atomic E-state index is 0.119. The minimum atomic E-state index is -1.87. The molecule has 1 fully saturated rings. The summed E-state index contributed by atoms with van der Waals surface area (Å²) in [4.78, 5) is 24.6. The summed E-state index contributed by atoms with van der Waals surface area (Å²) in [5.74, 6) is -0.186. The van der Waals surface area contributed by atoms with Gasteiger partial charge in [0.1, 0.15) is 0 Å². The summed E-state index contributed by atoms with van der Waals surface area (Å²) in [5, 5.41) is 0. The second-order valence-electron chi connectivity index (χ2n) is 8.27. The van der Waals surface area contributed by atoms with Crippen LogP contribution in [-0.4, -0.2) is 28.6 Å². The Hall–Kier alpha value is -0.626. The standard InChI is InChI=1S/C15H30O4Si2/c1-11-8-12(14(16)18-20(2,3)4)10-13(9-11)15(17)19-21(5,6)7/h11-13H,8-10H2,1-7H3. The zero-order valence-corrected chi connectivity index (χ0v) is 16.5. The second kappa shape index (κ2) is 6.64. The summed E-state index contributed by atoms with van der Waals surface area (Å²) in [7, 11) is -3.75. The van der Waals surface area contributed by atoms with Crippen molar-refractivity contribution < 1.29 is 18.4 Å². The number of carbonyl (C=O) groups is 2. The molecule has 1 saturated carbocycles. The SMILES string of the molecule is CC1CC(C(=O)O[Si](C)(C)C)CC(C(=O)O[Si](C)(C)C)C1. The van der Waals surface area contributed by atoms with E-state index in [9.17, 15) is 9.59 Å². The fourth-order valence-electron chi connectivity index (χ4n) is 2.76. The second-order valence-corrected chi connectivity index (χ2v) is 17.1. The molecule has 0 aromatic rings. The van der Waals surface area contributed by atoms with Gasteiger partial charge in [-0.3, -0.25) is 9.59 Å². The molecule has 21 heavy (non-hydrogen) atoms. The molecule has 2 unspecified atom stereocenters. The summed E-state index contributed by atoms with van der Waals surface area (Å²) in [6.07, 6.45) is 2.22. The van der Waals surface area contributed by atoms with Crippen molar-refractivity contribution in [3.63, 3.8) is 0 Å². The maximum absolute atomic E-state index is 12.3. The van der Waals surface area contributed by atoms with E-state index in [1.54, 1.807) is 0 Å². The monoisotopic (exact) mass is 330 g/mol. The Morgan fingerprint density at radius 1 is 0.762 bits per heavy atom. The van der Waals surface area contributed by atoms with Gasteiger partial charge >= 0.3 is 0 Å². The Balaban J connectivity index is 2.70. The molecule has 0 spiro atoms. The van der Waals surface area contributed by atoms with Gasteiger partial charge < -0.3 is 8.85 Å². The number of hydrogen-bond acceptors (Lipinski definition) is 4. The van der Waals surface area contributed by atoms with Crippen LogP contribution in [0.15, 0.2) is 0 Å². The molecule has 6 heteroatoms. The molecule has 1 aliphatic carbocycles. The predicted molar refractivity (Wildman–Crippen MR) is 88.9 cm³/mol. The maximum Gasteiger partial charge on any atom is 0.295 e. The van der Waals surface area contributed by atoms with Crippen molar-refractivity contribution in [3.8, 4) is 0 Å². The van der Waals surface area contributed by atoms with Gasteiger partial charge in [0.05, 0.1) is 11.8 Å². The lowest BCUT2D eigenvalue weighted by Gasteiger charge is -2.33. The summed E-state index contributed by atoms with van der Waals surface area (Å²) >= 11 is 0. The van der Waals surface area contributed by atoms with Crippen molar-refractivity contribution in [2.75, 3.05) is 0 Å². The molecule has 1 rings (SSSR count). The highest BCUT2D eigenvalue weighted by Crippen LogP contribution is 2.35. The lowest BCUT2D eigenvalue weighted by Crippen LogP contribution is -2.39. The van der Waals surface area contributed by atoms with Crippen LogP contribution in [0, 0.1) is 17.8 Å². The van der Waals surface area contributed by atoms with E-state index in [1.807, 2.05) is 39.3 Å². The number of carbonyl (C=O) groups excluding carboxylic acids is 2. The van der Waals surface area contributed by atoms with Crippen molar-refractivity contribution in [2.24, 2.45) is 17.8 Å². The number of hydrogen-bond donors (Lipinski definition) is 0. The lowest BCUT2D eigenvalue weighted by atomic mass is 9.76. The molecule has 0 aliphatic heterocycles. The minimum Gasteiger partial charge on any atom is -0.520 e. The Morgan fingerprint density at radius 2 is 1.10 bits per heavy atom. The highest BCUT2D eigenvalue weighted by atomic mass is 28.4. The molecule has 0 amide bonds. The fourth-order valence-corrected chi connectivity index (χ4v) is 4.30. The third-order valence-electron chi connectivity index (χ3n) is 3.42. The predicted octanol–water partition coefficient (Wildman–Crippen LogP) is 3.80. The first-order chi connectivity index (χ1) is 9.37. The molecule has 0 aromatic heterocycles. The molecule has 0 saturated heterocycles. The van der Waals surface area contributed by atoms with Crippen molar-refractivity contribution in [2.45, 2.75) is 65.5 Å². The Labute approximate surface area is 130 Å². The van der Waals surface area contributed by atoms with Crippen LogP contribution in [0.2, 0.25) is 39.3 Å². The highest BCUT2D eigenvalue weighted by molar-refractivity contribution is 6.71. The normalized spacial score (nSPS) is 27.1. The van der Waals surface area contributed by atoms with Gasteiger partial charge in [0.2, 0.25) is 16.6 Å². The topological polar surface area (TPSA) is 52.6 Å². The van der Waals surface area contributed by atoms with E-state index in [0.29, 0.717) is 12.3 Å². The van der Waals surface area contributed by atoms with Gasteiger partial charge in [-0.1, -0.05) is 6.92 Å². The van der Waals surface area contributed by atoms with E-state index in [4.69, 9.17) is 8.85 Å². The molecule has 0 aromatic carbocycles. The molecule has 2 atom stereocenters. The van der Waals surface area contributed by atoms with E-state index in [1.165, 1.54) is 0 Å². The molecular weight excluding hydrogens is 300 g/mol. The molecular formula is C15H30O4Si2. The van der Waals surface area contributed by atoms with Crippen LogP contribution >= 0.6 is 0 Å². The van der Waals surface area contributed by atoms with E-state index >= 15 is 0 Å². The molecule has 0 bridgehead atoms. The lowest BCUT2D eigenvalue weighted by molar-refractivity contribution is -0.146. The van der Waals surface area contributed by atoms with Crippen molar-refractivity contribution >= 4 is 28.6 Å². The average Bonchev–Trinajstić information content (AvgIpc) is 2.23. The summed E-state index contributed by atoms with van der Waals surface area (Å²) in [6, 6.07) is 0. The maximum atomic E-state index is 12.3. The first-order valence-corrected chi connectivity index (χ1v) is 14.6. The first kappa shape index (κ1) is 18.4. The fraction of sp³-hybridized carbons (Fsp3) is 0.867. The van der Waals surface area contributed by atoms with Crippen LogP contribution < -0.4 is 0 Å². The van der Waals surface area contributed by atoms with E-state index in [-0.39, 0.29) is 23.8 Å². The third-order valence-corrected chi connectivity index (χ3v) is 5.05. The van der Waals surface area contributed by atoms with Crippen LogP contribution in [0.25, 0.3) is 0 Å². The van der Waals surface area contributed by atoms with Crippen molar-refractivity contribution in [1.29, 1.82) is 0 Å². The Morgan fingerprint density at radius 3 is 1.38 bits per heavy atom. The quantitative estimate of drug-likeness (QED) is 0.736. The molecule has 4 nitrogen and oxygen atoms in total. The zero-order chi connectivity index (χ0) is 16.4. The Kier molecular flexibility index (Phi) is 5.83. The van der Waals surface area contributed by atoms with Crippen LogP contribution in [-0.2, 0) is 18.4 Å². The number of rotatable bonds is 4. The largest absolute Gasteiger partial charge is 0.520 e. The van der Waals surface area contributed by atoms with Gasteiger partial charge in [-0.25, -0.2) is 0 Å². The molecule has 122 valence electrons. The summed E-state index contributed by atoms with van der Waals surface area (Å²) < 4.78 is 11.2. The van der Waals surface area contributed by atoms with Crippen LogP contribution in [0.5, 0.6) is 0 Å². The molecule has 1 aliphatic rings. The van der Waals surface area contributed by atoms with E-state index in [0.717, 1.165) is 12.8 Å². The van der Waals surface area contributed by atoms with Crippen LogP contribution in [0.3, 0.4) is 0 Å². The average molecular weight is 331 g/mol. The third kappa shape index (κ3) is 6.78. The highest BCUT2D eigenvalue weighted by Gasteiger charge is 2.38. The van der Waals surface area contributed by atoms with Gasteiger partial charge in [0.15, 0.2) is 0 Å². The van der Waals surface area contributed by atoms with Gasteiger partial charge in [-0.2, -0.15) is 0 Å². The van der Waals surface area contributed by atoms with Gasteiger partial charge in [0.25, 0.3) is 11.9 Å². The van der Waals surface area contributed by atoms with Crippen LogP contribution in [0.1, 0.15) is 26.2 Å². The summed E-state index contributed by atoms with van der Waals surface area (Å²) in [5.41, 5.74) is 0. The Bertz CT molecular complexity index is 359. The molecule has 0 radical (unpaired) electrons. The van der Waals surface area contributed by atoms with Gasteiger partial charge in [0, 0.05) is 0 Å².